The minimum absolute atomic E-state index is 0.0676. The van der Waals surface area contributed by atoms with Crippen LogP contribution in [-0.4, -0.2) is 35.5 Å². The summed E-state index contributed by atoms with van der Waals surface area (Å²) in [6.07, 6.45) is 6.29. The van der Waals surface area contributed by atoms with Crippen molar-refractivity contribution < 1.29 is 13.9 Å². The minimum Gasteiger partial charge on any atom is -0.494 e. The molecule has 2 aliphatic rings. The molecule has 0 saturated carbocycles. The highest BCUT2D eigenvalue weighted by Crippen LogP contribution is 2.40. The van der Waals surface area contributed by atoms with Crippen LogP contribution in [-0.2, 0) is 11.3 Å². The third-order valence-corrected chi connectivity index (χ3v) is 6.13. The Morgan fingerprint density at radius 3 is 2.80 bits per heavy atom. The maximum atomic E-state index is 13.8. The van der Waals surface area contributed by atoms with Crippen molar-refractivity contribution in [1.82, 2.24) is 4.90 Å². The number of carbonyl (C=O) groups is 1. The van der Waals surface area contributed by atoms with Crippen LogP contribution in [0.2, 0.25) is 0 Å². The fraction of sp³-hybridized carbons (Fsp3) is 0.400. The summed E-state index contributed by atoms with van der Waals surface area (Å²) in [7, 11) is 0. The smallest absolute Gasteiger partial charge is 0.251 e. The summed E-state index contributed by atoms with van der Waals surface area (Å²) in [6.45, 7) is 6.74. The van der Waals surface area contributed by atoms with Gasteiger partial charge in [-0.05, 0) is 62.1 Å². The number of ether oxygens (including phenoxy) is 1. The fourth-order valence-electron chi connectivity index (χ4n) is 4.67. The zero-order valence-electron chi connectivity index (χ0n) is 17.7. The van der Waals surface area contributed by atoms with E-state index in [4.69, 9.17) is 4.74 Å². The van der Waals surface area contributed by atoms with Crippen molar-refractivity contribution in [3.63, 3.8) is 0 Å². The topological polar surface area (TPSA) is 32.8 Å². The van der Waals surface area contributed by atoms with Crippen molar-refractivity contribution in [3.05, 3.63) is 72.1 Å². The molecule has 2 aliphatic heterocycles. The molecular weight excluding hydrogens is 379 g/mol. The van der Waals surface area contributed by atoms with Crippen LogP contribution >= 0.6 is 0 Å². The molecule has 1 fully saturated rings. The highest BCUT2D eigenvalue weighted by molar-refractivity contribution is 6.06. The van der Waals surface area contributed by atoms with E-state index in [9.17, 15) is 9.18 Å². The van der Waals surface area contributed by atoms with Gasteiger partial charge in [-0.3, -0.25) is 14.6 Å². The van der Waals surface area contributed by atoms with Gasteiger partial charge in [0.15, 0.2) is 0 Å². The van der Waals surface area contributed by atoms with E-state index in [0.29, 0.717) is 5.69 Å². The maximum Gasteiger partial charge on any atom is 0.251 e. The Morgan fingerprint density at radius 2 is 2.03 bits per heavy atom. The van der Waals surface area contributed by atoms with Crippen molar-refractivity contribution >= 4 is 11.6 Å². The molecule has 1 spiro atoms. The third-order valence-electron chi connectivity index (χ3n) is 6.13. The summed E-state index contributed by atoms with van der Waals surface area (Å²) in [4.78, 5) is 16.9. The van der Waals surface area contributed by atoms with Crippen LogP contribution < -0.4 is 9.64 Å². The van der Waals surface area contributed by atoms with Crippen molar-refractivity contribution in [1.29, 1.82) is 0 Å². The molecule has 0 N–H and O–H groups in total. The van der Waals surface area contributed by atoms with E-state index in [2.05, 4.69) is 30.9 Å². The van der Waals surface area contributed by atoms with Gasteiger partial charge in [-0.25, -0.2) is 4.39 Å². The Kier molecular flexibility index (Phi) is 5.91. The van der Waals surface area contributed by atoms with Crippen molar-refractivity contribution in [2.24, 2.45) is 0 Å². The van der Waals surface area contributed by atoms with E-state index in [1.807, 2.05) is 24.3 Å². The van der Waals surface area contributed by atoms with E-state index in [0.717, 1.165) is 44.7 Å². The number of halogens is 1. The summed E-state index contributed by atoms with van der Waals surface area (Å²) in [5.74, 6) is 0.525. The first-order valence-electron chi connectivity index (χ1n) is 10.8. The highest BCUT2D eigenvalue weighted by atomic mass is 19.1. The quantitative estimate of drug-likeness (QED) is 0.679. The largest absolute Gasteiger partial charge is 0.494 e. The van der Waals surface area contributed by atoms with Crippen LogP contribution in [0.4, 0.5) is 10.1 Å². The van der Waals surface area contributed by atoms with Gasteiger partial charge in [-0.1, -0.05) is 31.2 Å². The Hall–Kier alpha value is -2.66. The van der Waals surface area contributed by atoms with Gasteiger partial charge >= 0.3 is 0 Å². The second-order valence-corrected chi connectivity index (χ2v) is 8.36. The van der Waals surface area contributed by atoms with Crippen LogP contribution in [0.25, 0.3) is 0 Å². The molecule has 158 valence electrons. The van der Waals surface area contributed by atoms with E-state index < -0.39 is 0 Å². The maximum absolute atomic E-state index is 13.8. The lowest BCUT2D eigenvalue weighted by Gasteiger charge is -2.47. The van der Waals surface area contributed by atoms with Crippen molar-refractivity contribution in [2.75, 3.05) is 18.1 Å². The van der Waals surface area contributed by atoms with Gasteiger partial charge in [0.25, 0.3) is 5.91 Å². The summed E-state index contributed by atoms with van der Waals surface area (Å²) >= 11 is 0. The number of hydrogen-bond donors (Lipinski definition) is 0. The zero-order valence-corrected chi connectivity index (χ0v) is 17.7. The summed E-state index contributed by atoms with van der Waals surface area (Å²) in [5, 5.41) is 0. The molecule has 0 unspecified atom stereocenters. The molecule has 0 bridgehead atoms. The number of likely N-dealkylation sites (tertiary alicyclic amines) is 1. The predicted molar refractivity (Wildman–Crippen MR) is 117 cm³/mol. The number of nitrogens with zero attached hydrogens (tertiary/aromatic N) is 2. The van der Waals surface area contributed by atoms with Crippen LogP contribution in [0.15, 0.2) is 60.7 Å². The summed E-state index contributed by atoms with van der Waals surface area (Å²) < 4.78 is 19.6. The molecule has 2 aromatic carbocycles. The summed E-state index contributed by atoms with van der Waals surface area (Å²) in [5.41, 5.74) is 1.48. The Morgan fingerprint density at radius 1 is 1.20 bits per heavy atom. The predicted octanol–water partition coefficient (Wildman–Crippen LogP) is 4.94. The fourth-order valence-corrected chi connectivity index (χ4v) is 4.67. The number of carbonyl (C=O) groups excluding carboxylic acids is 1. The van der Waals surface area contributed by atoms with Gasteiger partial charge in [0.1, 0.15) is 11.6 Å². The lowest BCUT2D eigenvalue weighted by molar-refractivity contribution is -0.114. The molecule has 4 rings (SSSR count). The molecule has 1 saturated heterocycles. The molecule has 2 atom stereocenters. The molecule has 30 heavy (non-hydrogen) atoms. The zero-order chi connectivity index (χ0) is 21.1. The van der Waals surface area contributed by atoms with Crippen molar-refractivity contribution in [2.45, 2.75) is 51.2 Å². The molecule has 5 heteroatoms. The van der Waals surface area contributed by atoms with Crippen LogP contribution in [0, 0.1) is 5.82 Å². The average molecular weight is 409 g/mol. The average Bonchev–Trinajstić information content (AvgIpc) is 3.04. The highest BCUT2D eigenvalue weighted by Gasteiger charge is 2.46. The van der Waals surface area contributed by atoms with E-state index in [-0.39, 0.29) is 23.3 Å². The first kappa shape index (κ1) is 20.6. The van der Waals surface area contributed by atoms with E-state index in [1.54, 1.807) is 17.0 Å². The van der Waals surface area contributed by atoms with Gasteiger partial charge in [0.2, 0.25) is 0 Å². The number of benzene rings is 2. The Balaban J connectivity index is 1.48. The van der Waals surface area contributed by atoms with Crippen LogP contribution in [0.1, 0.15) is 38.7 Å². The number of anilines is 1. The second-order valence-electron chi connectivity index (χ2n) is 8.36. The van der Waals surface area contributed by atoms with Crippen LogP contribution in [0.5, 0.6) is 5.75 Å². The molecular formula is C25H29FN2O2. The second kappa shape index (κ2) is 8.60. The van der Waals surface area contributed by atoms with Gasteiger partial charge in [0, 0.05) is 30.9 Å². The molecule has 0 radical (unpaired) electrons. The first-order chi connectivity index (χ1) is 14.5. The van der Waals surface area contributed by atoms with Crippen LogP contribution in [0.3, 0.4) is 0 Å². The minimum atomic E-state index is -0.382. The Labute approximate surface area is 177 Å². The monoisotopic (exact) mass is 408 g/mol. The van der Waals surface area contributed by atoms with E-state index in [1.165, 1.54) is 17.7 Å². The van der Waals surface area contributed by atoms with Gasteiger partial charge in [-0.2, -0.15) is 0 Å². The summed E-state index contributed by atoms with van der Waals surface area (Å²) in [6, 6.07) is 14.9. The molecule has 2 heterocycles. The van der Waals surface area contributed by atoms with Gasteiger partial charge < -0.3 is 4.74 Å². The first-order valence-corrected chi connectivity index (χ1v) is 10.8. The third kappa shape index (κ3) is 4.12. The lowest BCUT2D eigenvalue weighted by Crippen LogP contribution is -2.56. The van der Waals surface area contributed by atoms with Gasteiger partial charge in [-0.15, -0.1) is 0 Å². The molecule has 1 amide bonds. The molecule has 0 aromatic heterocycles. The number of hydrogen-bond acceptors (Lipinski definition) is 3. The molecule has 0 aliphatic carbocycles. The Bertz CT molecular complexity index is 944. The van der Waals surface area contributed by atoms with Gasteiger partial charge in [0.05, 0.1) is 12.1 Å². The lowest BCUT2D eigenvalue weighted by atomic mass is 9.82. The van der Waals surface area contributed by atoms with E-state index >= 15 is 0 Å². The number of rotatable bonds is 6. The number of piperidine rings is 1. The molecule has 4 nitrogen and oxygen atoms in total. The van der Waals surface area contributed by atoms with Crippen molar-refractivity contribution in [3.8, 4) is 5.75 Å². The normalized spacial score (nSPS) is 24.0. The SMILES string of the molecule is CCCOc1cccc(CN2CC[C@@]3(C=CC(=O)N3c3cccc(F)c3)C[C@H]2C)c1. The standard InChI is InChI=1S/C25H29FN2O2/c1-3-14-30-23-9-4-6-20(15-23)18-27-13-12-25(17-19(27)2)11-10-24(29)28(25)22-8-5-7-21(26)16-22/h4-11,15-16,19H,3,12-14,17-18H2,1-2H3/t19-,25+/m1/s1. The molecule has 2 aromatic rings. The number of amides is 1.